The van der Waals surface area contributed by atoms with E-state index in [1.807, 2.05) is 26.1 Å². The summed E-state index contributed by atoms with van der Waals surface area (Å²) in [6.07, 6.45) is 3.69. The van der Waals surface area contributed by atoms with Crippen LogP contribution in [0, 0.1) is 6.92 Å². The van der Waals surface area contributed by atoms with E-state index >= 15 is 0 Å². The van der Waals surface area contributed by atoms with E-state index in [4.69, 9.17) is 0 Å². The van der Waals surface area contributed by atoms with Gasteiger partial charge in [0.05, 0.1) is 5.52 Å². The molecule has 4 heterocycles. The summed E-state index contributed by atoms with van der Waals surface area (Å²) < 4.78 is 0. The topological polar surface area (TPSA) is 87.1 Å². The predicted octanol–water partition coefficient (Wildman–Crippen LogP) is 3.01. The second-order valence-electron chi connectivity index (χ2n) is 7.16. The third-order valence-electron chi connectivity index (χ3n) is 5.11. The first-order valence-electron chi connectivity index (χ1n) is 9.29. The molecule has 9 heteroatoms. The number of pyridine rings is 2. The highest BCUT2D eigenvalue weighted by Crippen LogP contribution is 2.24. The number of nitrogens with one attached hydrogen (secondary N) is 1. The van der Waals surface area contributed by atoms with E-state index in [-0.39, 0.29) is 12.1 Å². The van der Waals surface area contributed by atoms with Gasteiger partial charge in [0.2, 0.25) is 0 Å². The van der Waals surface area contributed by atoms with Gasteiger partial charge in [-0.05, 0) is 52.0 Å². The Bertz CT molecular complexity index is 997. The molecule has 2 amide bonds. The van der Waals surface area contributed by atoms with Crippen molar-refractivity contribution in [1.82, 2.24) is 30.0 Å². The SMILES string of the molecule is Cc1nnc(-c2ccc3cnc(NC(=O)N(C)C4CCN(C)CC4)cc3n2)s1. The average molecular weight is 398 g/mol. The zero-order chi connectivity index (χ0) is 19.7. The van der Waals surface area contributed by atoms with Gasteiger partial charge in [-0.3, -0.25) is 5.32 Å². The van der Waals surface area contributed by atoms with E-state index in [0.29, 0.717) is 5.82 Å². The van der Waals surface area contributed by atoms with E-state index < -0.39 is 0 Å². The zero-order valence-corrected chi connectivity index (χ0v) is 17.0. The van der Waals surface area contributed by atoms with Crippen LogP contribution in [0.1, 0.15) is 17.8 Å². The number of hydrogen-bond acceptors (Lipinski definition) is 7. The van der Waals surface area contributed by atoms with Crippen LogP contribution < -0.4 is 5.32 Å². The first-order chi connectivity index (χ1) is 13.5. The lowest BCUT2D eigenvalue weighted by Gasteiger charge is -2.34. The normalized spacial score (nSPS) is 15.7. The number of aryl methyl sites for hydroxylation is 1. The first kappa shape index (κ1) is 18.7. The Labute approximate surface area is 167 Å². The summed E-state index contributed by atoms with van der Waals surface area (Å²) in [5.41, 5.74) is 1.53. The molecule has 0 unspecified atom stereocenters. The summed E-state index contributed by atoms with van der Waals surface area (Å²) in [7, 11) is 3.96. The van der Waals surface area contributed by atoms with Crippen LogP contribution >= 0.6 is 11.3 Å². The van der Waals surface area contributed by atoms with Crippen LogP contribution in [0.2, 0.25) is 0 Å². The van der Waals surface area contributed by atoms with Gasteiger partial charge in [-0.15, -0.1) is 10.2 Å². The lowest BCUT2D eigenvalue weighted by Crippen LogP contribution is -2.46. The maximum Gasteiger partial charge on any atom is 0.323 e. The van der Waals surface area contributed by atoms with Gasteiger partial charge >= 0.3 is 6.03 Å². The molecule has 146 valence electrons. The summed E-state index contributed by atoms with van der Waals surface area (Å²) in [4.78, 5) is 25.7. The van der Waals surface area contributed by atoms with E-state index in [1.165, 1.54) is 11.3 Å². The number of aromatic nitrogens is 4. The summed E-state index contributed by atoms with van der Waals surface area (Å²) in [5, 5.41) is 13.7. The molecule has 1 aliphatic heterocycles. The molecule has 1 fully saturated rings. The van der Waals surface area contributed by atoms with Crippen molar-refractivity contribution in [3.8, 4) is 10.7 Å². The number of carbonyl (C=O) groups is 1. The van der Waals surface area contributed by atoms with E-state index in [2.05, 4.69) is 37.4 Å². The van der Waals surface area contributed by atoms with Gasteiger partial charge in [-0.1, -0.05) is 11.3 Å². The van der Waals surface area contributed by atoms with Gasteiger partial charge in [0.25, 0.3) is 0 Å². The predicted molar refractivity (Wildman–Crippen MR) is 110 cm³/mol. The van der Waals surface area contributed by atoms with Crippen LogP contribution in [0.15, 0.2) is 24.4 Å². The van der Waals surface area contributed by atoms with Crippen molar-refractivity contribution in [1.29, 1.82) is 0 Å². The molecule has 0 aromatic carbocycles. The van der Waals surface area contributed by atoms with Crippen molar-refractivity contribution in [3.05, 3.63) is 29.4 Å². The molecule has 0 atom stereocenters. The Kier molecular flexibility index (Phi) is 5.19. The molecule has 4 rings (SSSR count). The van der Waals surface area contributed by atoms with Gasteiger partial charge in [-0.25, -0.2) is 14.8 Å². The number of nitrogens with zero attached hydrogens (tertiary/aromatic N) is 6. The highest BCUT2D eigenvalue weighted by atomic mass is 32.1. The molecule has 0 bridgehead atoms. The second-order valence-corrected chi connectivity index (χ2v) is 8.34. The summed E-state index contributed by atoms with van der Waals surface area (Å²) in [5.74, 6) is 0.496. The third kappa shape index (κ3) is 3.95. The summed E-state index contributed by atoms with van der Waals surface area (Å²) in [6, 6.07) is 5.78. The van der Waals surface area contributed by atoms with E-state index in [9.17, 15) is 4.79 Å². The molecule has 1 aliphatic rings. The third-order valence-corrected chi connectivity index (χ3v) is 5.97. The Balaban J connectivity index is 1.51. The van der Waals surface area contributed by atoms with Crippen LogP contribution in [0.25, 0.3) is 21.6 Å². The molecule has 3 aromatic heterocycles. The number of hydrogen-bond donors (Lipinski definition) is 1. The maximum absolute atomic E-state index is 12.6. The van der Waals surface area contributed by atoms with Crippen LogP contribution in [-0.4, -0.2) is 69.2 Å². The lowest BCUT2D eigenvalue weighted by molar-refractivity contribution is 0.156. The lowest BCUT2D eigenvalue weighted by atomic mass is 10.0. The molecule has 28 heavy (non-hydrogen) atoms. The summed E-state index contributed by atoms with van der Waals surface area (Å²) in [6.45, 7) is 3.93. The largest absolute Gasteiger partial charge is 0.324 e. The summed E-state index contributed by atoms with van der Waals surface area (Å²) >= 11 is 1.50. The fourth-order valence-electron chi connectivity index (χ4n) is 3.35. The highest BCUT2D eigenvalue weighted by Gasteiger charge is 2.24. The van der Waals surface area contributed by atoms with E-state index in [0.717, 1.165) is 52.5 Å². The van der Waals surface area contributed by atoms with Gasteiger partial charge in [0.15, 0.2) is 5.01 Å². The van der Waals surface area contributed by atoms with Crippen molar-refractivity contribution >= 4 is 34.1 Å². The second kappa shape index (κ2) is 7.76. The quantitative estimate of drug-likeness (QED) is 0.731. The minimum absolute atomic E-state index is 0.141. The van der Waals surface area contributed by atoms with Crippen LogP contribution in [-0.2, 0) is 0 Å². The van der Waals surface area contributed by atoms with Gasteiger partial charge in [0.1, 0.15) is 16.5 Å². The Morgan fingerprint density at radius 3 is 2.79 bits per heavy atom. The van der Waals surface area contributed by atoms with Crippen molar-refractivity contribution in [2.24, 2.45) is 0 Å². The minimum Gasteiger partial charge on any atom is -0.324 e. The van der Waals surface area contributed by atoms with Gasteiger partial charge in [0, 0.05) is 30.7 Å². The number of likely N-dealkylation sites (tertiary alicyclic amines) is 1. The standard InChI is InChI=1S/C19H23N7OS/c1-12-23-24-18(28-12)15-5-4-13-11-20-17(10-16(13)21-15)22-19(27)26(3)14-6-8-25(2)9-7-14/h4-5,10-11,14H,6-9H2,1-3H3,(H,20,22,27). The van der Waals surface area contributed by atoms with Crippen molar-refractivity contribution in [3.63, 3.8) is 0 Å². The molecule has 0 radical (unpaired) electrons. The number of amides is 2. The average Bonchev–Trinajstić information content (AvgIpc) is 3.14. The minimum atomic E-state index is -0.141. The molecule has 3 aromatic rings. The number of urea groups is 1. The molecule has 1 N–H and O–H groups in total. The number of piperidine rings is 1. The Morgan fingerprint density at radius 2 is 2.07 bits per heavy atom. The fraction of sp³-hybridized carbons (Fsp3) is 0.421. The molecule has 0 saturated carbocycles. The van der Waals surface area contributed by atoms with Crippen LogP contribution in [0.5, 0.6) is 0 Å². The van der Waals surface area contributed by atoms with Gasteiger partial charge < -0.3 is 9.80 Å². The number of rotatable bonds is 3. The molecule has 0 spiro atoms. The zero-order valence-electron chi connectivity index (χ0n) is 16.2. The monoisotopic (exact) mass is 397 g/mol. The smallest absolute Gasteiger partial charge is 0.323 e. The fourth-order valence-corrected chi connectivity index (χ4v) is 4.01. The number of fused-ring (bicyclic) bond motifs is 1. The molecule has 1 saturated heterocycles. The molecular formula is C19H23N7OS. The Morgan fingerprint density at radius 1 is 1.29 bits per heavy atom. The van der Waals surface area contributed by atoms with E-state index in [1.54, 1.807) is 17.2 Å². The molecule has 8 nitrogen and oxygen atoms in total. The van der Waals surface area contributed by atoms with Crippen molar-refractivity contribution in [2.75, 3.05) is 32.5 Å². The Hall–Kier alpha value is -2.65. The molecule has 0 aliphatic carbocycles. The highest BCUT2D eigenvalue weighted by molar-refractivity contribution is 7.14. The van der Waals surface area contributed by atoms with Crippen molar-refractivity contribution in [2.45, 2.75) is 25.8 Å². The number of anilines is 1. The first-order valence-corrected chi connectivity index (χ1v) is 10.1. The molecular weight excluding hydrogens is 374 g/mol. The van der Waals surface area contributed by atoms with Crippen molar-refractivity contribution < 1.29 is 4.79 Å². The van der Waals surface area contributed by atoms with Crippen LogP contribution in [0.4, 0.5) is 10.6 Å². The van der Waals surface area contributed by atoms with Gasteiger partial charge in [-0.2, -0.15) is 0 Å². The maximum atomic E-state index is 12.6. The van der Waals surface area contributed by atoms with Crippen LogP contribution in [0.3, 0.4) is 0 Å². The number of carbonyl (C=O) groups excluding carboxylic acids is 1.